The first-order valence-electron chi connectivity index (χ1n) is 5.54. The third-order valence-corrected chi connectivity index (χ3v) is 2.65. The predicted molar refractivity (Wildman–Crippen MR) is 69.5 cm³/mol. The number of benzene rings is 1. The summed E-state index contributed by atoms with van der Waals surface area (Å²) in [5.41, 5.74) is 2.79. The summed E-state index contributed by atoms with van der Waals surface area (Å²) in [5, 5.41) is 18.2. The molecule has 0 atom stereocenters. The Labute approximate surface area is 105 Å². The molecule has 0 spiro atoms. The van der Waals surface area contributed by atoms with Gasteiger partial charge < -0.3 is 9.94 Å². The molecule has 1 aromatic carbocycles. The van der Waals surface area contributed by atoms with Crippen LogP contribution in [0, 0.1) is 0 Å². The van der Waals surface area contributed by atoms with Crippen molar-refractivity contribution in [2.75, 3.05) is 7.11 Å². The van der Waals surface area contributed by atoms with Crippen LogP contribution in [0.25, 0.3) is 11.3 Å². The van der Waals surface area contributed by atoms with Gasteiger partial charge >= 0.3 is 0 Å². The summed E-state index contributed by atoms with van der Waals surface area (Å²) in [6, 6.07) is 9.65. The molecule has 5 nitrogen and oxygen atoms in total. The minimum Gasteiger partial charge on any atom is -0.493 e. The van der Waals surface area contributed by atoms with Gasteiger partial charge in [0, 0.05) is 12.6 Å². The molecule has 18 heavy (non-hydrogen) atoms. The van der Waals surface area contributed by atoms with Crippen molar-refractivity contribution in [3.05, 3.63) is 35.9 Å². The van der Waals surface area contributed by atoms with Gasteiger partial charge in [-0.15, -0.1) is 0 Å². The molecular formula is C13H15N3O2. The van der Waals surface area contributed by atoms with Gasteiger partial charge in [0.15, 0.2) is 0 Å². The van der Waals surface area contributed by atoms with Crippen molar-refractivity contribution in [2.45, 2.75) is 6.92 Å². The zero-order valence-electron chi connectivity index (χ0n) is 10.6. The molecular weight excluding hydrogens is 230 g/mol. The average molecular weight is 245 g/mol. The van der Waals surface area contributed by atoms with E-state index >= 15 is 0 Å². The van der Waals surface area contributed by atoms with E-state index in [-0.39, 0.29) is 5.88 Å². The van der Waals surface area contributed by atoms with E-state index in [1.165, 1.54) is 11.8 Å². The lowest BCUT2D eigenvalue weighted by Gasteiger charge is -2.02. The van der Waals surface area contributed by atoms with Crippen LogP contribution in [-0.4, -0.2) is 27.7 Å². The molecule has 2 aromatic rings. The molecule has 0 fully saturated rings. The van der Waals surface area contributed by atoms with Crippen molar-refractivity contribution in [3.63, 3.8) is 0 Å². The Morgan fingerprint density at radius 3 is 2.61 bits per heavy atom. The van der Waals surface area contributed by atoms with E-state index in [4.69, 9.17) is 4.84 Å². The summed E-state index contributed by atoms with van der Waals surface area (Å²) in [5.74, 6) is 0.0761. The quantitative estimate of drug-likeness (QED) is 0.666. The smallest absolute Gasteiger partial charge is 0.219 e. The third-order valence-electron chi connectivity index (χ3n) is 2.65. The number of hydrogen-bond acceptors (Lipinski definition) is 4. The average Bonchev–Trinajstić information content (AvgIpc) is 2.67. The lowest BCUT2D eigenvalue weighted by molar-refractivity contribution is 0.213. The minimum absolute atomic E-state index is 0.0761. The highest BCUT2D eigenvalue weighted by atomic mass is 16.6. The Hall–Kier alpha value is -2.30. The van der Waals surface area contributed by atoms with Crippen LogP contribution >= 0.6 is 0 Å². The summed E-state index contributed by atoms with van der Waals surface area (Å²) in [6.07, 6.45) is 0. The molecule has 1 aromatic heterocycles. The van der Waals surface area contributed by atoms with Crippen LogP contribution in [-0.2, 0) is 11.9 Å². The molecule has 1 N–H and O–H groups in total. The Morgan fingerprint density at radius 2 is 2.00 bits per heavy atom. The lowest BCUT2D eigenvalue weighted by Crippen LogP contribution is -1.97. The molecule has 0 amide bonds. The van der Waals surface area contributed by atoms with Crippen molar-refractivity contribution < 1.29 is 9.94 Å². The summed E-state index contributed by atoms with van der Waals surface area (Å²) >= 11 is 0. The van der Waals surface area contributed by atoms with Gasteiger partial charge in [0.05, 0.1) is 11.3 Å². The van der Waals surface area contributed by atoms with Gasteiger partial charge in [0.2, 0.25) is 5.88 Å². The molecule has 0 bridgehead atoms. The largest absolute Gasteiger partial charge is 0.493 e. The van der Waals surface area contributed by atoms with Crippen molar-refractivity contribution >= 4 is 5.71 Å². The molecule has 2 rings (SSSR count). The first-order valence-corrected chi connectivity index (χ1v) is 5.54. The normalized spacial score (nSPS) is 11.6. The SMILES string of the molecule is CO/N=C(\C)c1c(-c2ccccc2)nn(C)c1O. The number of hydrogen-bond donors (Lipinski definition) is 1. The molecule has 0 aliphatic heterocycles. The number of aromatic nitrogens is 2. The number of aromatic hydroxyl groups is 1. The summed E-state index contributed by atoms with van der Waals surface area (Å²) in [6.45, 7) is 1.77. The van der Waals surface area contributed by atoms with Crippen LogP contribution in [0.15, 0.2) is 35.5 Å². The van der Waals surface area contributed by atoms with E-state index in [0.29, 0.717) is 17.0 Å². The van der Waals surface area contributed by atoms with Crippen LogP contribution in [0.5, 0.6) is 5.88 Å². The highest BCUT2D eigenvalue weighted by Gasteiger charge is 2.19. The van der Waals surface area contributed by atoms with Gasteiger partial charge in [-0.05, 0) is 6.92 Å². The summed E-state index contributed by atoms with van der Waals surface area (Å²) in [4.78, 5) is 4.75. The maximum atomic E-state index is 10.0. The van der Waals surface area contributed by atoms with Gasteiger partial charge in [-0.1, -0.05) is 35.5 Å². The van der Waals surface area contributed by atoms with E-state index in [2.05, 4.69) is 10.3 Å². The predicted octanol–water partition coefficient (Wildman–Crippen LogP) is 2.16. The maximum absolute atomic E-state index is 10.0. The standard InChI is InChI=1S/C13H15N3O2/c1-9(15-18-3)11-12(14-16(2)13(11)17)10-7-5-4-6-8-10/h4-8,17H,1-3H3/b15-9+. The zero-order chi connectivity index (χ0) is 13.1. The lowest BCUT2D eigenvalue weighted by atomic mass is 10.1. The van der Waals surface area contributed by atoms with Crippen molar-refractivity contribution in [3.8, 4) is 17.1 Å². The second-order valence-corrected chi connectivity index (χ2v) is 3.90. The van der Waals surface area contributed by atoms with Crippen LogP contribution < -0.4 is 0 Å². The number of oxime groups is 1. The maximum Gasteiger partial charge on any atom is 0.219 e. The van der Waals surface area contributed by atoms with Gasteiger partial charge in [0.1, 0.15) is 12.8 Å². The molecule has 0 saturated carbocycles. The highest BCUT2D eigenvalue weighted by molar-refractivity contribution is 6.05. The van der Waals surface area contributed by atoms with Crippen LogP contribution in [0.1, 0.15) is 12.5 Å². The van der Waals surface area contributed by atoms with Crippen molar-refractivity contribution in [2.24, 2.45) is 12.2 Å². The summed E-state index contributed by atoms with van der Waals surface area (Å²) in [7, 11) is 3.16. The number of nitrogens with zero attached hydrogens (tertiary/aromatic N) is 3. The fraction of sp³-hybridized carbons (Fsp3) is 0.231. The Kier molecular flexibility index (Phi) is 3.32. The van der Waals surface area contributed by atoms with E-state index in [1.54, 1.807) is 14.0 Å². The molecule has 5 heteroatoms. The fourth-order valence-electron chi connectivity index (χ4n) is 1.83. The van der Waals surface area contributed by atoms with Gasteiger partial charge in [-0.3, -0.25) is 0 Å². The minimum atomic E-state index is 0.0761. The first kappa shape index (κ1) is 12.2. The molecule has 1 heterocycles. The van der Waals surface area contributed by atoms with E-state index in [9.17, 15) is 5.11 Å². The molecule has 0 aliphatic rings. The van der Waals surface area contributed by atoms with E-state index in [1.807, 2.05) is 30.3 Å². The second kappa shape index (κ2) is 4.91. The second-order valence-electron chi connectivity index (χ2n) is 3.90. The molecule has 0 saturated heterocycles. The zero-order valence-corrected chi connectivity index (χ0v) is 10.6. The van der Waals surface area contributed by atoms with E-state index < -0.39 is 0 Å². The van der Waals surface area contributed by atoms with Gasteiger partial charge in [-0.25, -0.2) is 4.68 Å². The molecule has 0 radical (unpaired) electrons. The van der Waals surface area contributed by atoms with Crippen LogP contribution in [0.3, 0.4) is 0 Å². The molecule has 0 unspecified atom stereocenters. The van der Waals surface area contributed by atoms with Crippen LogP contribution in [0.4, 0.5) is 0 Å². The number of rotatable bonds is 3. The summed E-state index contributed by atoms with van der Waals surface area (Å²) < 4.78 is 1.42. The highest BCUT2D eigenvalue weighted by Crippen LogP contribution is 2.29. The first-order chi connectivity index (χ1) is 8.65. The molecule has 0 aliphatic carbocycles. The third kappa shape index (κ3) is 2.07. The van der Waals surface area contributed by atoms with Gasteiger partial charge in [-0.2, -0.15) is 5.10 Å². The fourth-order valence-corrected chi connectivity index (χ4v) is 1.83. The number of aryl methyl sites for hydroxylation is 1. The van der Waals surface area contributed by atoms with Gasteiger partial charge in [0.25, 0.3) is 0 Å². The van der Waals surface area contributed by atoms with Crippen molar-refractivity contribution in [1.29, 1.82) is 0 Å². The van der Waals surface area contributed by atoms with E-state index in [0.717, 1.165) is 5.56 Å². The monoisotopic (exact) mass is 245 g/mol. The van der Waals surface area contributed by atoms with Crippen LogP contribution in [0.2, 0.25) is 0 Å². The Balaban J connectivity index is 2.62. The molecule has 94 valence electrons. The Morgan fingerprint density at radius 1 is 1.33 bits per heavy atom. The van der Waals surface area contributed by atoms with Crippen molar-refractivity contribution in [1.82, 2.24) is 9.78 Å². The topological polar surface area (TPSA) is 59.6 Å². The Bertz CT molecular complexity index is 573.